The zero-order valence-corrected chi connectivity index (χ0v) is 8.24. The van der Waals surface area contributed by atoms with Gasteiger partial charge in [-0.15, -0.1) is 0 Å². The number of hydrogen-bond donors (Lipinski definition) is 1. The highest BCUT2D eigenvalue weighted by atomic mass is 15.2. The first-order valence-corrected chi connectivity index (χ1v) is 5.33. The molecule has 0 bridgehead atoms. The Hall–Kier alpha value is -1.09. The molecule has 3 heterocycles. The molecule has 1 saturated heterocycles. The lowest BCUT2D eigenvalue weighted by atomic mass is 9.97. The molecule has 0 aromatic carbocycles. The highest BCUT2D eigenvalue weighted by molar-refractivity contribution is 5.42. The molecule has 1 aromatic heterocycles. The van der Waals surface area contributed by atoms with Crippen molar-refractivity contribution in [3.8, 4) is 0 Å². The number of pyridine rings is 1. The summed E-state index contributed by atoms with van der Waals surface area (Å²) in [7, 11) is 0. The molecule has 0 radical (unpaired) electrons. The van der Waals surface area contributed by atoms with Gasteiger partial charge in [-0.1, -0.05) is 0 Å². The van der Waals surface area contributed by atoms with Crippen LogP contribution in [0.3, 0.4) is 0 Å². The Labute approximate surface area is 83.9 Å². The van der Waals surface area contributed by atoms with E-state index >= 15 is 0 Å². The monoisotopic (exact) mass is 189 g/mol. The first-order valence-electron chi connectivity index (χ1n) is 5.33. The van der Waals surface area contributed by atoms with Gasteiger partial charge in [0.1, 0.15) is 0 Å². The maximum absolute atomic E-state index is 5.78. The fourth-order valence-electron chi connectivity index (χ4n) is 2.72. The van der Waals surface area contributed by atoms with Crippen LogP contribution in [0.5, 0.6) is 0 Å². The average Bonchev–Trinajstić information content (AvgIpc) is 2.65. The van der Waals surface area contributed by atoms with Crippen molar-refractivity contribution in [3.05, 3.63) is 23.5 Å². The summed E-state index contributed by atoms with van der Waals surface area (Å²) in [5.41, 5.74) is 9.24. The third-order valence-electron chi connectivity index (χ3n) is 3.38. The van der Waals surface area contributed by atoms with Crippen molar-refractivity contribution in [2.45, 2.75) is 25.3 Å². The average molecular weight is 189 g/mol. The highest BCUT2D eigenvalue weighted by Crippen LogP contribution is 2.37. The van der Waals surface area contributed by atoms with Crippen molar-refractivity contribution in [1.29, 1.82) is 0 Å². The largest absolute Gasteiger partial charge is 0.397 e. The second-order valence-electron chi connectivity index (χ2n) is 4.25. The molecule has 2 N–H and O–H groups in total. The van der Waals surface area contributed by atoms with Crippen LogP contribution < -0.4 is 5.73 Å². The molecule has 1 fully saturated rings. The lowest BCUT2D eigenvalue weighted by molar-refractivity contribution is 0.241. The van der Waals surface area contributed by atoms with E-state index in [9.17, 15) is 0 Å². The van der Waals surface area contributed by atoms with Crippen LogP contribution in [0.4, 0.5) is 5.69 Å². The summed E-state index contributed by atoms with van der Waals surface area (Å²) in [6.07, 6.45) is 5.46. The summed E-state index contributed by atoms with van der Waals surface area (Å²) in [6, 6.07) is 2.72. The number of fused-ring (bicyclic) bond motifs is 3. The van der Waals surface area contributed by atoms with E-state index in [1.54, 1.807) is 6.20 Å². The summed E-state index contributed by atoms with van der Waals surface area (Å²) in [5.74, 6) is 0. The molecule has 0 amide bonds. The normalized spacial score (nSPS) is 25.9. The Morgan fingerprint density at radius 1 is 1.43 bits per heavy atom. The van der Waals surface area contributed by atoms with E-state index in [0.717, 1.165) is 12.1 Å². The van der Waals surface area contributed by atoms with E-state index in [0.29, 0.717) is 6.04 Å². The number of anilines is 1. The topological polar surface area (TPSA) is 42.1 Å². The SMILES string of the molecule is Nc1cnc2c(c1)C1CCCN1CC2. The molecule has 1 unspecified atom stereocenters. The Bertz CT molecular complexity index is 362. The summed E-state index contributed by atoms with van der Waals surface area (Å²) in [5, 5.41) is 0. The van der Waals surface area contributed by atoms with Crippen LogP contribution in [0, 0.1) is 0 Å². The Balaban J connectivity index is 2.07. The number of nitrogen functional groups attached to an aromatic ring is 1. The number of nitrogens with zero attached hydrogens (tertiary/aromatic N) is 2. The first kappa shape index (κ1) is 8.24. The van der Waals surface area contributed by atoms with Crippen LogP contribution in [0.1, 0.15) is 30.1 Å². The van der Waals surface area contributed by atoms with E-state index in [4.69, 9.17) is 5.73 Å². The predicted molar refractivity (Wildman–Crippen MR) is 55.9 cm³/mol. The van der Waals surface area contributed by atoms with Gasteiger partial charge in [0.25, 0.3) is 0 Å². The molecular formula is C11H15N3. The van der Waals surface area contributed by atoms with Gasteiger partial charge >= 0.3 is 0 Å². The van der Waals surface area contributed by atoms with E-state index in [-0.39, 0.29) is 0 Å². The zero-order valence-electron chi connectivity index (χ0n) is 8.24. The summed E-state index contributed by atoms with van der Waals surface area (Å²) >= 11 is 0. The standard InChI is InChI=1S/C11H15N3/c12-8-6-9-10(13-7-8)3-5-14-4-1-2-11(9)14/h6-7,11H,1-5,12H2. The van der Waals surface area contributed by atoms with Gasteiger partial charge in [0.05, 0.1) is 11.9 Å². The molecule has 0 saturated carbocycles. The van der Waals surface area contributed by atoms with Gasteiger partial charge < -0.3 is 5.73 Å². The van der Waals surface area contributed by atoms with Crippen LogP contribution in [0.25, 0.3) is 0 Å². The Morgan fingerprint density at radius 2 is 2.36 bits per heavy atom. The maximum atomic E-state index is 5.78. The molecular weight excluding hydrogens is 174 g/mol. The van der Waals surface area contributed by atoms with Gasteiger partial charge in [-0.3, -0.25) is 9.88 Å². The number of aromatic nitrogens is 1. The minimum atomic E-state index is 0.606. The van der Waals surface area contributed by atoms with Gasteiger partial charge in [-0.25, -0.2) is 0 Å². The third kappa shape index (κ3) is 1.12. The van der Waals surface area contributed by atoms with Crippen molar-refractivity contribution in [3.63, 3.8) is 0 Å². The van der Waals surface area contributed by atoms with Gasteiger partial charge in [0.15, 0.2) is 0 Å². The minimum Gasteiger partial charge on any atom is -0.397 e. The quantitative estimate of drug-likeness (QED) is 0.670. The molecule has 1 atom stereocenters. The number of rotatable bonds is 0. The van der Waals surface area contributed by atoms with E-state index < -0.39 is 0 Å². The number of nitrogens with two attached hydrogens (primary N) is 1. The molecule has 14 heavy (non-hydrogen) atoms. The smallest absolute Gasteiger partial charge is 0.0504 e. The zero-order chi connectivity index (χ0) is 9.54. The highest BCUT2D eigenvalue weighted by Gasteiger charge is 2.31. The van der Waals surface area contributed by atoms with E-state index in [1.807, 2.05) is 0 Å². The van der Waals surface area contributed by atoms with Crippen LogP contribution in [-0.4, -0.2) is 23.0 Å². The van der Waals surface area contributed by atoms with E-state index in [1.165, 1.54) is 37.2 Å². The van der Waals surface area contributed by atoms with Crippen LogP contribution >= 0.6 is 0 Å². The summed E-state index contributed by atoms with van der Waals surface area (Å²) in [4.78, 5) is 6.99. The van der Waals surface area contributed by atoms with Gasteiger partial charge in [0, 0.05) is 24.7 Å². The molecule has 3 heteroatoms. The fraction of sp³-hybridized carbons (Fsp3) is 0.545. The summed E-state index contributed by atoms with van der Waals surface area (Å²) in [6.45, 7) is 2.42. The van der Waals surface area contributed by atoms with Crippen molar-refractivity contribution in [1.82, 2.24) is 9.88 Å². The maximum Gasteiger partial charge on any atom is 0.0504 e. The summed E-state index contributed by atoms with van der Waals surface area (Å²) < 4.78 is 0. The predicted octanol–water partition coefficient (Wildman–Crippen LogP) is 1.36. The third-order valence-corrected chi connectivity index (χ3v) is 3.38. The molecule has 3 rings (SSSR count). The van der Waals surface area contributed by atoms with E-state index in [2.05, 4.69) is 16.0 Å². The van der Waals surface area contributed by atoms with Crippen molar-refractivity contribution < 1.29 is 0 Å². The first-order chi connectivity index (χ1) is 6.84. The van der Waals surface area contributed by atoms with Crippen molar-refractivity contribution in [2.24, 2.45) is 0 Å². The van der Waals surface area contributed by atoms with Gasteiger partial charge in [0.2, 0.25) is 0 Å². The molecule has 0 spiro atoms. The molecule has 3 nitrogen and oxygen atoms in total. The Kier molecular flexibility index (Phi) is 1.74. The van der Waals surface area contributed by atoms with Crippen LogP contribution in [-0.2, 0) is 6.42 Å². The van der Waals surface area contributed by atoms with Crippen molar-refractivity contribution in [2.75, 3.05) is 18.8 Å². The van der Waals surface area contributed by atoms with Gasteiger partial charge in [-0.05, 0) is 31.0 Å². The second-order valence-corrected chi connectivity index (χ2v) is 4.25. The second kappa shape index (κ2) is 2.95. The lowest BCUT2D eigenvalue weighted by Crippen LogP contribution is -2.31. The number of hydrogen-bond acceptors (Lipinski definition) is 3. The van der Waals surface area contributed by atoms with Crippen LogP contribution in [0.2, 0.25) is 0 Å². The minimum absolute atomic E-state index is 0.606. The van der Waals surface area contributed by atoms with Crippen molar-refractivity contribution >= 4 is 5.69 Å². The molecule has 0 aliphatic carbocycles. The molecule has 2 aliphatic rings. The Morgan fingerprint density at radius 3 is 3.29 bits per heavy atom. The molecule has 2 aliphatic heterocycles. The van der Waals surface area contributed by atoms with Gasteiger partial charge in [-0.2, -0.15) is 0 Å². The molecule has 1 aromatic rings. The van der Waals surface area contributed by atoms with Crippen LogP contribution in [0.15, 0.2) is 12.3 Å². The fourth-order valence-corrected chi connectivity index (χ4v) is 2.72. The lowest BCUT2D eigenvalue weighted by Gasteiger charge is -2.31. The molecule has 74 valence electrons.